The Labute approximate surface area is 241 Å². The third-order valence-corrected chi connectivity index (χ3v) is 4.95. The minimum Gasteiger partial charge on any atom is -0.410 e. The van der Waals surface area contributed by atoms with Gasteiger partial charge in [-0.05, 0) is 27.7 Å². The van der Waals surface area contributed by atoms with Gasteiger partial charge in [0.2, 0.25) is 0 Å². The normalized spacial score (nSPS) is 18.4. The van der Waals surface area contributed by atoms with Crippen molar-refractivity contribution in [2.45, 2.75) is 38.9 Å². The fraction of sp³-hybridized carbons (Fsp3) is 0.333. The maximum absolute atomic E-state index is 6.18. The molecule has 0 radical (unpaired) electrons. The molecule has 1 fully saturated rings. The maximum atomic E-state index is 6.18. The van der Waals surface area contributed by atoms with Crippen LogP contribution in [0.25, 0.3) is 21.8 Å². The summed E-state index contributed by atoms with van der Waals surface area (Å²) in [5.41, 5.74) is 2.43. The number of aromatic nitrogens is 1. The van der Waals surface area contributed by atoms with Crippen molar-refractivity contribution in [2.24, 2.45) is 0 Å². The first-order valence-corrected chi connectivity index (χ1v) is 7.56. The molecule has 2 heterocycles. The van der Waals surface area contributed by atoms with E-state index in [1.807, 2.05) is 30.3 Å². The molecule has 112 valence electrons. The van der Waals surface area contributed by atoms with Crippen molar-refractivity contribution in [2.75, 3.05) is 0 Å². The third-order valence-electron chi connectivity index (χ3n) is 4.95. The van der Waals surface area contributed by atoms with Gasteiger partial charge in [0.05, 0.1) is 11.2 Å². The molecule has 3 nitrogen and oxygen atoms in total. The van der Waals surface area contributed by atoms with Crippen molar-refractivity contribution < 1.29 is 126 Å². The van der Waals surface area contributed by atoms with Crippen molar-refractivity contribution in [3.63, 3.8) is 0 Å². The second-order valence-electron chi connectivity index (χ2n) is 6.88. The van der Waals surface area contributed by atoms with E-state index in [0.29, 0.717) is 0 Å². The number of aromatic amines is 1. The van der Waals surface area contributed by atoms with Crippen LogP contribution >= 0.6 is 0 Å². The largest absolute Gasteiger partial charge is 1.00 e. The van der Waals surface area contributed by atoms with Crippen molar-refractivity contribution in [1.29, 1.82) is 0 Å². The van der Waals surface area contributed by atoms with E-state index in [4.69, 9.17) is 9.31 Å². The average molecular weight is 462 g/mol. The number of hydrogen-bond acceptors (Lipinski definition) is 2. The number of H-pyrrole nitrogens is 1. The number of nitrogens with one attached hydrogen (secondary N) is 1. The van der Waals surface area contributed by atoms with E-state index in [2.05, 4.69) is 44.8 Å². The number of benzene rings is 2. The zero-order valence-corrected chi connectivity index (χ0v) is 25.1. The number of rotatable bonds is 1. The zero-order chi connectivity index (χ0) is 15.5. The average Bonchev–Trinajstić information content (AvgIpc) is 2.93. The molecule has 1 saturated heterocycles. The van der Waals surface area contributed by atoms with Crippen LogP contribution in [0.5, 0.6) is 0 Å². The predicted octanol–water partition coefficient (Wildman–Crippen LogP) is -2.77. The summed E-state index contributed by atoms with van der Waals surface area (Å²) in [6, 6.07) is 16.2. The van der Waals surface area contributed by atoms with Crippen LogP contribution in [0.1, 0.15) is 27.7 Å². The Morgan fingerprint density at radius 1 is 0.917 bits per heavy atom. The summed E-state index contributed by atoms with van der Waals surface area (Å²) in [5.74, 6) is 0. The van der Waals surface area contributed by atoms with Crippen molar-refractivity contribution >= 4 is 34.4 Å². The van der Waals surface area contributed by atoms with Crippen molar-refractivity contribution in [3.05, 3.63) is 42.5 Å². The molecular formula is C18H18BNO2Rb2. The van der Waals surface area contributed by atoms with E-state index in [1.54, 1.807) is 0 Å². The van der Waals surface area contributed by atoms with E-state index < -0.39 is 0 Å². The fourth-order valence-electron chi connectivity index (χ4n) is 2.92. The molecule has 0 saturated carbocycles. The van der Waals surface area contributed by atoms with Crippen LogP contribution in [0.4, 0.5) is 0 Å². The van der Waals surface area contributed by atoms with Gasteiger partial charge in [0.15, 0.2) is 0 Å². The standard InChI is InChI=1S/C18H18BNO2.2Rb/c1-17(2)18(3,4)22-19(21-17)14-10-7-9-13-12-8-5-6-11-15(12)20-16(13)14;;/h6,8-11,20H,1-4H3;;/q-2;2*+1. The molecule has 1 aliphatic rings. The van der Waals surface area contributed by atoms with E-state index in [0.717, 1.165) is 27.3 Å². The topological polar surface area (TPSA) is 34.2 Å². The molecule has 0 atom stereocenters. The van der Waals surface area contributed by atoms with E-state index in [9.17, 15) is 0 Å². The van der Waals surface area contributed by atoms with E-state index in [-0.39, 0.29) is 135 Å². The molecule has 1 aromatic heterocycles. The van der Waals surface area contributed by atoms with Gasteiger partial charge in [0.1, 0.15) is 0 Å². The minimum atomic E-state index is -0.387. The van der Waals surface area contributed by atoms with Gasteiger partial charge in [0.25, 0.3) is 0 Å². The van der Waals surface area contributed by atoms with Crippen LogP contribution in [0.2, 0.25) is 0 Å². The Morgan fingerprint density at radius 2 is 1.54 bits per heavy atom. The second kappa shape index (κ2) is 8.06. The van der Waals surface area contributed by atoms with Gasteiger partial charge in [-0.1, -0.05) is 16.5 Å². The predicted molar refractivity (Wildman–Crippen MR) is 89.2 cm³/mol. The Morgan fingerprint density at radius 3 is 2.21 bits per heavy atom. The Kier molecular flexibility index (Phi) is 7.43. The summed E-state index contributed by atoms with van der Waals surface area (Å²) in [7, 11) is -0.387. The van der Waals surface area contributed by atoms with E-state index >= 15 is 0 Å². The summed E-state index contributed by atoms with van der Waals surface area (Å²) in [6.45, 7) is 8.27. The molecule has 3 aromatic rings. The van der Waals surface area contributed by atoms with E-state index in [1.165, 1.54) is 0 Å². The number of hydrogen-bond donors (Lipinski definition) is 1. The fourth-order valence-corrected chi connectivity index (χ4v) is 2.92. The van der Waals surface area contributed by atoms with Crippen LogP contribution in [-0.2, 0) is 9.31 Å². The summed E-state index contributed by atoms with van der Waals surface area (Å²) >= 11 is 0. The first-order chi connectivity index (χ1) is 10.4. The first-order valence-electron chi connectivity index (χ1n) is 7.56. The molecule has 0 unspecified atom stereocenters. The Balaban J connectivity index is 0.00000104. The summed E-state index contributed by atoms with van der Waals surface area (Å²) in [4.78, 5) is 3.48. The molecule has 0 spiro atoms. The Bertz CT molecular complexity index is 860. The monoisotopic (exact) mass is 461 g/mol. The van der Waals surface area contributed by atoms with Crippen molar-refractivity contribution in [1.82, 2.24) is 4.98 Å². The molecule has 0 amide bonds. The van der Waals surface area contributed by atoms with Gasteiger partial charge in [0, 0.05) is 0 Å². The summed E-state index contributed by atoms with van der Waals surface area (Å²) in [5, 5.41) is 2.27. The Hall–Kier alpha value is 1.84. The summed E-state index contributed by atoms with van der Waals surface area (Å²) < 4.78 is 12.4. The van der Waals surface area contributed by atoms with Gasteiger partial charge >= 0.3 is 123 Å². The maximum Gasteiger partial charge on any atom is 1.00 e. The third kappa shape index (κ3) is 3.72. The summed E-state index contributed by atoms with van der Waals surface area (Å²) in [6.07, 6.45) is 0. The van der Waals surface area contributed by atoms with Crippen LogP contribution in [0.15, 0.2) is 30.3 Å². The molecule has 1 aliphatic heterocycles. The quantitative estimate of drug-likeness (QED) is 0.314. The van der Waals surface area contributed by atoms with Crippen molar-refractivity contribution in [3.8, 4) is 0 Å². The second-order valence-corrected chi connectivity index (χ2v) is 6.88. The molecule has 4 rings (SSSR count). The van der Waals surface area contributed by atoms with Gasteiger partial charge in [-0.2, -0.15) is 47.2 Å². The zero-order valence-electron chi connectivity index (χ0n) is 15.3. The molecule has 1 N–H and O–H groups in total. The van der Waals surface area contributed by atoms with Gasteiger partial charge < -0.3 is 14.3 Å². The van der Waals surface area contributed by atoms with Crippen LogP contribution in [0, 0.1) is 12.1 Å². The van der Waals surface area contributed by atoms with Crippen LogP contribution in [-0.4, -0.2) is 23.3 Å². The molecule has 6 heteroatoms. The van der Waals surface area contributed by atoms with Gasteiger partial charge in [-0.15, -0.1) is 6.07 Å². The van der Waals surface area contributed by atoms with Gasteiger partial charge in [-0.3, -0.25) is 0 Å². The molecule has 0 aliphatic carbocycles. The minimum absolute atomic E-state index is 0. The molecule has 2 aromatic carbocycles. The smallest absolute Gasteiger partial charge is 0.410 e. The first kappa shape index (κ1) is 22.1. The molecular weight excluding hydrogens is 444 g/mol. The molecule has 0 bridgehead atoms. The number of fused-ring (bicyclic) bond motifs is 3. The van der Waals surface area contributed by atoms with Crippen LogP contribution in [0.3, 0.4) is 0 Å². The van der Waals surface area contributed by atoms with Crippen LogP contribution < -0.4 is 122 Å². The van der Waals surface area contributed by atoms with Gasteiger partial charge in [-0.25, -0.2) is 0 Å². The molecule has 24 heavy (non-hydrogen) atoms. The SMILES string of the molecule is CC1(C)OB(c2c[c-]cc3c2[nH]c2cc[c-]cc23)OC1(C)C.[Rb+].[Rb+].